The molecule has 0 radical (unpaired) electrons. The van der Waals surface area contributed by atoms with Crippen LogP contribution in [-0.4, -0.2) is 36.7 Å². The van der Waals surface area contributed by atoms with Gasteiger partial charge in [0.25, 0.3) is 0 Å². The van der Waals surface area contributed by atoms with Crippen LogP contribution >= 0.6 is 0 Å². The SMILES string of the molecule is Cc1c(O)cc(O)c(C(C)C(O)C(c2ccccc2)c2ccc(O)cc2O)c1O. The van der Waals surface area contributed by atoms with E-state index in [0.29, 0.717) is 11.1 Å². The summed E-state index contributed by atoms with van der Waals surface area (Å²) < 4.78 is 0. The predicted molar refractivity (Wildman–Crippen MR) is 109 cm³/mol. The summed E-state index contributed by atoms with van der Waals surface area (Å²) in [5.41, 5.74) is 1.40. The average Bonchev–Trinajstić information content (AvgIpc) is 2.68. The summed E-state index contributed by atoms with van der Waals surface area (Å²) in [6, 6.07) is 14.3. The molecule has 3 unspecified atom stereocenters. The van der Waals surface area contributed by atoms with E-state index in [9.17, 15) is 30.6 Å². The summed E-state index contributed by atoms with van der Waals surface area (Å²) in [7, 11) is 0. The van der Waals surface area contributed by atoms with Crippen LogP contribution < -0.4 is 0 Å². The van der Waals surface area contributed by atoms with Crippen molar-refractivity contribution in [3.63, 3.8) is 0 Å². The predicted octanol–water partition coefficient (Wildman–Crippen LogP) is 3.82. The summed E-state index contributed by atoms with van der Waals surface area (Å²) in [5, 5.41) is 61.9. The van der Waals surface area contributed by atoms with Crippen molar-refractivity contribution in [2.75, 3.05) is 0 Å². The highest BCUT2D eigenvalue weighted by Crippen LogP contribution is 2.46. The first-order valence-corrected chi connectivity index (χ1v) is 9.21. The minimum Gasteiger partial charge on any atom is -0.508 e. The van der Waals surface area contributed by atoms with Gasteiger partial charge in [0.2, 0.25) is 0 Å². The summed E-state index contributed by atoms with van der Waals surface area (Å²) >= 11 is 0. The zero-order valence-electron chi connectivity index (χ0n) is 16.1. The molecule has 0 amide bonds. The summed E-state index contributed by atoms with van der Waals surface area (Å²) in [6.45, 7) is 3.15. The van der Waals surface area contributed by atoms with E-state index in [1.807, 2.05) is 6.07 Å². The molecule has 0 heterocycles. The first-order chi connectivity index (χ1) is 13.7. The van der Waals surface area contributed by atoms with E-state index in [4.69, 9.17) is 0 Å². The topological polar surface area (TPSA) is 121 Å². The van der Waals surface area contributed by atoms with Gasteiger partial charge in [-0.25, -0.2) is 0 Å². The Bertz CT molecular complexity index is 1020. The van der Waals surface area contributed by atoms with Gasteiger partial charge < -0.3 is 30.6 Å². The van der Waals surface area contributed by atoms with Crippen LogP contribution in [0.25, 0.3) is 0 Å². The molecule has 0 saturated carbocycles. The van der Waals surface area contributed by atoms with E-state index in [1.165, 1.54) is 25.1 Å². The maximum absolute atomic E-state index is 11.3. The number of hydrogen-bond donors (Lipinski definition) is 6. The number of phenols is 5. The standard InChI is InChI=1S/C23H24O6/c1-12-17(25)11-19(27)20(22(12)28)13(2)23(29)21(14-6-4-3-5-7-14)16-9-8-15(24)10-18(16)26/h3-11,13,21,23-29H,1-2H3. The van der Waals surface area contributed by atoms with Crippen molar-refractivity contribution in [3.8, 4) is 28.7 Å². The zero-order chi connectivity index (χ0) is 21.3. The molecule has 0 aliphatic heterocycles. The highest BCUT2D eigenvalue weighted by Gasteiger charge is 2.33. The Morgan fingerprint density at radius 2 is 1.41 bits per heavy atom. The van der Waals surface area contributed by atoms with Gasteiger partial charge in [-0.2, -0.15) is 0 Å². The van der Waals surface area contributed by atoms with Gasteiger partial charge in [0.1, 0.15) is 28.7 Å². The Balaban J connectivity index is 2.13. The van der Waals surface area contributed by atoms with Gasteiger partial charge in [-0.05, 0) is 18.6 Å². The minimum atomic E-state index is -1.16. The van der Waals surface area contributed by atoms with Crippen LogP contribution in [0.15, 0.2) is 54.6 Å². The Morgan fingerprint density at radius 3 is 2.03 bits per heavy atom. The monoisotopic (exact) mass is 396 g/mol. The summed E-state index contributed by atoms with van der Waals surface area (Å²) in [4.78, 5) is 0. The van der Waals surface area contributed by atoms with Crippen molar-refractivity contribution in [1.29, 1.82) is 0 Å². The number of phenolic OH excluding ortho intramolecular Hbond substituents is 5. The number of benzene rings is 3. The molecule has 3 atom stereocenters. The van der Waals surface area contributed by atoms with Crippen LogP contribution in [0, 0.1) is 6.92 Å². The van der Waals surface area contributed by atoms with Crippen molar-refractivity contribution in [1.82, 2.24) is 0 Å². The first kappa shape index (κ1) is 20.4. The van der Waals surface area contributed by atoms with Crippen LogP contribution in [-0.2, 0) is 0 Å². The van der Waals surface area contributed by atoms with Crippen molar-refractivity contribution in [2.45, 2.75) is 31.8 Å². The van der Waals surface area contributed by atoms with Crippen LogP contribution in [0.2, 0.25) is 0 Å². The zero-order valence-corrected chi connectivity index (χ0v) is 16.1. The molecule has 6 nitrogen and oxygen atoms in total. The quantitative estimate of drug-likeness (QED) is 0.390. The third kappa shape index (κ3) is 3.79. The van der Waals surface area contributed by atoms with Gasteiger partial charge in [-0.3, -0.25) is 0 Å². The highest BCUT2D eigenvalue weighted by atomic mass is 16.3. The van der Waals surface area contributed by atoms with Gasteiger partial charge in [0.05, 0.1) is 6.10 Å². The van der Waals surface area contributed by atoms with Crippen LogP contribution in [0.5, 0.6) is 28.7 Å². The molecule has 6 N–H and O–H groups in total. The molecule has 152 valence electrons. The fourth-order valence-electron chi connectivity index (χ4n) is 3.68. The molecule has 3 rings (SSSR count). The number of aliphatic hydroxyl groups is 1. The third-order valence-electron chi connectivity index (χ3n) is 5.36. The fourth-order valence-corrected chi connectivity index (χ4v) is 3.68. The Hall–Kier alpha value is -3.38. The van der Waals surface area contributed by atoms with E-state index < -0.39 is 17.9 Å². The molecule has 0 fully saturated rings. The van der Waals surface area contributed by atoms with Gasteiger partial charge in [0, 0.05) is 40.7 Å². The molecule has 0 aliphatic carbocycles. The second kappa shape index (κ2) is 7.93. The lowest BCUT2D eigenvalue weighted by Gasteiger charge is -2.30. The van der Waals surface area contributed by atoms with Gasteiger partial charge in [0.15, 0.2) is 0 Å². The van der Waals surface area contributed by atoms with Crippen molar-refractivity contribution in [3.05, 3.63) is 76.9 Å². The van der Waals surface area contributed by atoms with Gasteiger partial charge in [-0.1, -0.05) is 43.3 Å². The van der Waals surface area contributed by atoms with E-state index in [1.54, 1.807) is 31.2 Å². The molecule has 0 saturated heterocycles. The number of aromatic hydroxyl groups is 5. The van der Waals surface area contributed by atoms with Gasteiger partial charge >= 0.3 is 0 Å². The Morgan fingerprint density at radius 1 is 0.759 bits per heavy atom. The van der Waals surface area contributed by atoms with E-state index in [2.05, 4.69) is 0 Å². The second-order valence-electron chi connectivity index (χ2n) is 7.21. The highest BCUT2D eigenvalue weighted by molar-refractivity contribution is 5.57. The molecule has 6 heteroatoms. The Kier molecular flexibility index (Phi) is 5.57. The molecule has 3 aromatic rings. The van der Waals surface area contributed by atoms with E-state index in [0.717, 1.165) is 6.07 Å². The lowest BCUT2D eigenvalue weighted by molar-refractivity contribution is 0.128. The molecule has 0 aliphatic rings. The van der Waals surface area contributed by atoms with Crippen LogP contribution in [0.3, 0.4) is 0 Å². The van der Waals surface area contributed by atoms with Crippen LogP contribution in [0.4, 0.5) is 0 Å². The van der Waals surface area contributed by atoms with Crippen molar-refractivity contribution < 1.29 is 30.6 Å². The number of aliphatic hydroxyl groups excluding tert-OH is 1. The normalized spacial score (nSPS) is 14.3. The minimum absolute atomic E-state index is 0.104. The second-order valence-corrected chi connectivity index (χ2v) is 7.21. The molecular formula is C23H24O6. The molecule has 0 bridgehead atoms. The molecule has 29 heavy (non-hydrogen) atoms. The first-order valence-electron chi connectivity index (χ1n) is 9.21. The summed E-state index contributed by atoms with van der Waals surface area (Å²) in [6.07, 6.45) is -1.16. The smallest absolute Gasteiger partial charge is 0.129 e. The lowest BCUT2D eigenvalue weighted by atomic mass is 9.78. The summed E-state index contributed by atoms with van der Waals surface area (Å²) in [5.74, 6) is -2.63. The number of hydrogen-bond acceptors (Lipinski definition) is 6. The molecule has 0 aromatic heterocycles. The maximum Gasteiger partial charge on any atom is 0.129 e. The third-order valence-corrected chi connectivity index (χ3v) is 5.36. The molecular weight excluding hydrogens is 372 g/mol. The van der Waals surface area contributed by atoms with Gasteiger partial charge in [-0.15, -0.1) is 0 Å². The Labute approximate surface area is 168 Å². The lowest BCUT2D eigenvalue weighted by Crippen LogP contribution is -2.26. The maximum atomic E-state index is 11.3. The van der Waals surface area contributed by atoms with Crippen molar-refractivity contribution >= 4 is 0 Å². The van der Waals surface area contributed by atoms with E-state index in [-0.39, 0.29) is 39.9 Å². The number of rotatable bonds is 5. The molecule has 3 aromatic carbocycles. The van der Waals surface area contributed by atoms with E-state index >= 15 is 0 Å². The van der Waals surface area contributed by atoms with Crippen molar-refractivity contribution in [2.24, 2.45) is 0 Å². The molecule has 0 spiro atoms. The fraction of sp³-hybridized carbons (Fsp3) is 0.217. The van der Waals surface area contributed by atoms with Crippen LogP contribution in [0.1, 0.15) is 41.0 Å². The average molecular weight is 396 g/mol. The largest absolute Gasteiger partial charge is 0.508 e.